The summed E-state index contributed by atoms with van der Waals surface area (Å²) in [7, 11) is 1.63. The second-order valence-corrected chi connectivity index (χ2v) is 4.71. The summed E-state index contributed by atoms with van der Waals surface area (Å²) < 4.78 is 10.4. The Kier molecular flexibility index (Phi) is 5.04. The predicted octanol–water partition coefficient (Wildman–Crippen LogP) is 3.84. The first-order valence-electron chi connectivity index (χ1n) is 7.20. The Bertz CT molecular complexity index is 546. The Labute approximate surface area is 125 Å². The van der Waals surface area contributed by atoms with E-state index in [-0.39, 0.29) is 12.1 Å². The first-order valence-corrected chi connectivity index (χ1v) is 7.20. The zero-order valence-corrected chi connectivity index (χ0v) is 12.7. The summed E-state index contributed by atoms with van der Waals surface area (Å²) in [6, 6.07) is 7.69. The molecule has 0 N–H and O–H groups in total. The largest absolute Gasteiger partial charge is 0.497 e. The number of benzene rings is 1. The topological polar surface area (TPSA) is 38.8 Å². The van der Waals surface area contributed by atoms with Crippen molar-refractivity contribution in [1.29, 1.82) is 0 Å². The lowest BCUT2D eigenvalue weighted by molar-refractivity contribution is 0.118. The van der Waals surface area contributed by atoms with Crippen LogP contribution in [0.15, 0.2) is 42.5 Å². The third kappa shape index (κ3) is 3.27. The molecule has 0 aromatic heterocycles. The fraction of sp³-hybridized carbons (Fsp3) is 0.353. The summed E-state index contributed by atoms with van der Waals surface area (Å²) >= 11 is 0. The lowest BCUT2D eigenvalue weighted by Gasteiger charge is -2.32. The first-order chi connectivity index (χ1) is 10.2. The number of ether oxygens (including phenoxy) is 2. The van der Waals surface area contributed by atoms with Crippen LogP contribution in [0, 0.1) is 0 Å². The molecule has 0 radical (unpaired) electrons. The van der Waals surface area contributed by atoms with Crippen LogP contribution >= 0.6 is 0 Å². The number of hydrogen-bond acceptors (Lipinski definition) is 3. The zero-order valence-electron chi connectivity index (χ0n) is 12.7. The lowest BCUT2D eigenvalue weighted by atomic mass is 10.0. The maximum atomic E-state index is 12.3. The quantitative estimate of drug-likeness (QED) is 0.844. The Morgan fingerprint density at radius 1 is 1.24 bits per heavy atom. The van der Waals surface area contributed by atoms with Crippen molar-refractivity contribution in [1.82, 2.24) is 4.90 Å². The van der Waals surface area contributed by atoms with Gasteiger partial charge in [0.15, 0.2) is 0 Å². The van der Waals surface area contributed by atoms with E-state index in [0.717, 1.165) is 23.4 Å². The van der Waals surface area contributed by atoms with Crippen LogP contribution in [0.3, 0.4) is 0 Å². The van der Waals surface area contributed by atoms with Crippen molar-refractivity contribution in [3.05, 3.63) is 48.1 Å². The molecular weight excluding hydrogens is 266 g/mol. The summed E-state index contributed by atoms with van der Waals surface area (Å²) in [6.45, 7) is 4.24. The SMILES string of the molecule is CCOC(=O)N1C(c2ccc(OC)cc2)=CC=CC1CC. The highest BCUT2D eigenvalue weighted by Gasteiger charge is 2.28. The Balaban J connectivity index is 2.34. The summed E-state index contributed by atoms with van der Waals surface area (Å²) in [5, 5.41) is 0. The van der Waals surface area contributed by atoms with Crippen molar-refractivity contribution >= 4 is 11.8 Å². The van der Waals surface area contributed by atoms with Gasteiger partial charge in [0.2, 0.25) is 0 Å². The number of hydrogen-bond donors (Lipinski definition) is 0. The maximum Gasteiger partial charge on any atom is 0.414 e. The van der Waals surface area contributed by atoms with E-state index in [1.807, 2.05) is 49.4 Å². The molecule has 2 rings (SSSR count). The zero-order chi connectivity index (χ0) is 15.2. The summed E-state index contributed by atoms with van der Waals surface area (Å²) in [6.07, 6.45) is 6.47. The second kappa shape index (κ2) is 6.97. The number of rotatable bonds is 4. The van der Waals surface area contributed by atoms with Crippen LogP contribution in [-0.2, 0) is 4.74 Å². The number of carbonyl (C=O) groups is 1. The molecule has 4 heteroatoms. The third-order valence-corrected chi connectivity index (χ3v) is 3.45. The molecule has 21 heavy (non-hydrogen) atoms. The highest BCUT2D eigenvalue weighted by Crippen LogP contribution is 2.29. The van der Waals surface area contributed by atoms with Gasteiger partial charge in [0.05, 0.1) is 25.5 Å². The van der Waals surface area contributed by atoms with Gasteiger partial charge >= 0.3 is 6.09 Å². The fourth-order valence-electron chi connectivity index (χ4n) is 2.36. The lowest BCUT2D eigenvalue weighted by Crippen LogP contribution is -2.39. The van der Waals surface area contributed by atoms with E-state index in [1.54, 1.807) is 12.0 Å². The van der Waals surface area contributed by atoms with Crippen molar-refractivity contribution in [3.63, 3.8) is 0 Å². The molecule has 0 spiro atoms. The average Bonchev–Trinajstić information content (AvgIpc) is 2.54. The van der Waals surface area contributed by atoms with Gasteiger partial charge in [-0.15, -0.1) is 0 Å². The molecule has 112 valence electrons. The van der Waals surface area contributed by atoms with E-state index < -0.39 is 0 Å². The Morgan fingerprint density at radius 2 is 1.95 bits per heavy atom. The van der Waals surface area contributed by atoms with Gasteiger partial charge in [0, 0.05) is 0 Å². The molecule has 0 saturated carbocycles. The van der Waals surface area contributed by atoms with E-state index in [2.05, 4.69) is 6.92 Å². The minimum absolute atomic E-state index is 0.0196. The Hall–Kier alpha value is -2.23. The van der Waals surface area contributed by atoms with Crippen molar-refractivity contribution in [3.8, 4) is 5.75 Å². The normalized spacial score (nSPS) is 17.4. The van der Waals surface area contributed by atoms with Crippen LogP contribution in [-0.4, -0.2) is 30.8 Å². The summed E-state index contributed by atoms with van der Waals surface area (Å²) in [5.41, 5.74) is 1.82. The van der Waals surface area contributed by atoms with E-state index in [0.29, 0.717) is 6.61 Å². The monoisotopic (exact) mass is 287 g/mol. The molecule has 1 aliphatic heterocycles. The molecule has 1 aromatic rings. The molecule has 1 atom stereocenters. The highest BCUT2D eigenvalue weighted by molar-refractivity contribution is 5.84. The van der Waals surface area contributed by atoms with Crippen molar-refractivity contribution < 1.29 is 14.3 Å². The van der Waals surface area contributed by atoms with Gasteiger partial charge in [0.25, 0.3) is 0 Å². The van der Waals surface area contributed by atoms with Gasteiger partial charge < -0.3 is 9.47 Å². The molecule has 0 bridgehead atoms. The maximum absolute atomic E-state index is 12.3. The summed E-state index contributed by atoms with van der Waals surface area (Å²) in [4.78, 5) is 14.0. The molecule has 0 aliphatic carbocycles. The summed E-state index contributed by atoms with van der Waals surface area (Å²) in [5.74, 6) is 0.792. The number of methoxy groups -OCH3 is 1. The molecule has 1 unspecified atom stereocenters. The highest BCUT2D eigenvalue weighted by atomic mass is 16.6. The minimum atomic E-state index is -0.309. The van der Waals surface area contributed by atoms with E-state index in [9.17, 15) is 4.79 Å². The van der Waals surface area contributed by atoms with E-state index in [1.165, 1.54) is 0 Å². The molecule has 0 saturated heterocycles. The number of allylic oxidation sites excluding steroid dienone is 2. The minimum Gasteiger partial charge on any atom is -0.497 e. The van der Waals surface area contributed by atoms with Crippen LogP contribution in [0.4, 0.5) is 4.79 Å². The van der Waals surface area contributed by atoms with Gasteiger partial charge in [-0.1, -0.05) is 19.1 Å². The standard InChI is InChI=1S/C17H21NO3/c1-4-14-7-6-8-16(18(14)17(19)21-5-2)13-9-11-15(20-3)12-10-13/h6-12,14H,4-5H2,1-3H3. The molecule has 1 aromatic carbocycles. The van der Waals surface area contributed by atoms with Crippen LogP contribution in [0.5, 0.6) is 5.75 Å². The molecule has 4 nitrogen and oxygen atoms in total. The van der Waals surface area contributed by atoms with Gasteiger partial charge in [-0.05, 0) is 49.2 Å². The fourth-order valence-corrected chi connectivity index (χ4v) is 2.36. The van der Waals surface area contributed by atoms with Crippen LogP contribution in [0.1, 0.15) is 25.8 Å². The third-order valence-electron chi connectivity index (χ3n) is 3.45. The van der Waals surface area contributed by atoms with E-state index >= 15 is 0 Å². The number of carbonyl (C=O) groups excluding carboxylic acids is 1. The molecule has 1 aliphatic rings. The van der Waals surface area contributed by atoms with Crippen molar-refractivity contribution in [2.45, 2.75) is 26.3 Å². The van der Waals surface area contributed by atoms with Crippen LogP contribution in [0.25, 0.3) is 5.70 Å². The van der Waals surface area contributed by atoms with Crippen molar-refractivity contribution in [2.24, 2.45) is 0 Å². The molecule has 1 heterocycles. The average molecular weight is 287 g/mol. The molecular formula is C17H21NO3. The number of amides is 1. The van der Waals surface area contributed by atoms with Crippen molar-refractivity contribution in [2.75, 3.05) is 13.7 Å². The Morgan fingerprint density at radius 3 is 2.52 bits per heavy atom. The number of nitrogens with zero attached hydrogens (tertiary/aromatic N) is 1. The predicted molar refractivity (Wildman–Crippen MR) is 83.1 cm³/mol. The van der Waals surface area contributed by atoms with Crippen LogP contribution in [0.2, 0.25) is 0 Å². The van der Waals surface area contributed by atoms with Crippen LogP contribution < -0.4 is 4.74 Å². The van der Waals surface area contributed by atoms with Gasteiger partial charge in [-0.2, -0.15) is 0 Å². The van der Waals surface area contributed by atoms with Gasteiger partial charge in [0.1, 0.15) is 5.75 Å². The van der Waals surface area contributed by atoms with Gasteiger partial charge in [-0.25, -0.2) is 4.79 Å². The van der Waals surface area contributed by atoms with Gasteiger partial charge in [-0.3, -0.25) is 4.90 Å². The first kappa shape index (κ1) is 15.2. The molecule has 0 fully saturated rings. The molecule has 1 amide bonds. The van der Waals surface area contributed by atoms with E-state index in [4.69, 9.17) is 9.47 Å². The smallest absolute Gasteiger partial charge is 0.414 e. The second-order valence-electron chi connectivity index (χ2n) is 4.71.